The molecule has 0 aromatic carbocycles. The molecule has 0 amide bonds. The molecule has 1 heterocycles. The largest absolute Gasteiger partial charge is 0.309 e. The van der Waals surface area contributed by atoms with Gasteiger partial charge in [-0.2, -0.15) is 0 Å². The van der Waals surface area contributed by atoms with Crippen LogP contribution in [0.1, 0.15) is 63.8 Å². The lowest BCUT2D eigenvalue weighted by molar-refractivity contribution is 0.474. The Labute approximate surface area is 106 Å². The number of pyridine rings is 1. The van der Waals surface area contributed by atoms with Crippen LogP contribution < -0.4 is 5.32 Å². The molecule has 1 rings (SSSR count). The van der Waals surface area contributed by atoms with E-state index < -0.39 is 0 Å². The number of unbranched alkanes of at least 4 members (excludes halogenated alkanes) is 2. The molecule has 1 atom stereocenters. The summed E-state index contributed by atoms with van der Waals surface area (Å²) >= 11 is 0. The zero-order chi connectivity index (χ0) is 12.5. The predicted molar refractivity (Wildman–Crippen MR) is 74.2 cm³/mol. The Morgan fingerprint density at radius 2 is 2.06 bits per heavy atom. The van der Waals surface area contributed by atoms with Crippen LogP contribution in [0.2, 0.25) is 0 Å². The van der Waals surface area contributed by atoms with Crippen LogP contribution in [0, 0.1) is 0 Å². The van der Waals surface area contributed by atoms with Crippen molar-refractivity contribution >= 4 is 0 Å². The van der Waals surface area contributed by atoms with Gasteiger partial charge in [-0.15, -0.1) is 0 Å². The Kier molecular flexibility index (Phi) is 6.87. The van der Waals surface area contributed by atoms with Gasteiger partial charge in [-0.05, 0) is 31.0 Å². The third-order valence-electron chi connectivity index (χ3n) is 3.18. The van der Waals surface area contributed by atoms with E-state index in [-0.39, 0.29) is 0 Å². The Bertz CT molecular complexity index is 310. The lowest BCUT2D eigenvalue weighted by Crippen LogP contribution is -2.23. The fraction of sp³-hybridized carbons (Fsp3) is 0.667. The summed E-state index contributed by atoms with van der Waals surface area (Å²) in [4.78, 5) is 4.58. The monoisotopic (exact) mass is 234 g/mol. The number of hydrogen-bond donors (Lipinski definition) is 1. The number of rotatable bonds is 8. The highest BCUT2D eigenvalue weighted by atomic mass is 14.9. The number of aromatic nitrogens is 1. The van der Waals surface area contributed by atoms with Gasteiger partial charge in [0.25, 0.3) is 0 Å². The van der Waals surface area contributed by atoms with Gasteiger partial charge in [0.2, 0.25) is 0 Å². The third-order valence-corrected chi connectivity index (χ3v) is 3.18. The van der Waals surface area contributed by atoms with E-state index >= 15 is 0 Å². The number of nitrogens with one attached hydrogen (secondary N) is 1. The summed E-state index contributed by atoms with van der Waals surface area (Å²) < 4.78 is 0. The molecule has 2 heteroatoms. The molecule has 0 saturated carbocycles. The molecule has 0 bridgehead atoms. The first-order valence-corrected chi connectivity index (χ1v) is 7.00. The first-order chi connectivity index (χ1) is 8.33. The highest BCUT2D eigenvalue weighted by Gasteiger charge is 2.14. The fourth-order valence-electron chi connectivity index (χ4n) is 2.24. The van der Waals surface area contributed by atoms with Crippen molar-refractivity contribution in [3.05, 3.63) is 29.6 Å². The van der Waals surface area contributed by atoms with Crippen LogP contribution in [0.4, 0.5) is 0 Å². The minimum atomic E-state index is 0.433. The van der Waals surface area contributed by atoms with Crippen molar-refractivity contribution in [2.24, 2.45) is 0 Å². The molecule has 0 fully saturated rings. The lowest BCUT2D eigenvalue weighted by atomic mass is 9.99. The van der Waals surface area contributed by atoms with Crippen LogP contribution in [0.25, 0.3) is 0 Å². The molecule has 96 valence electrons. The van der Waals surface area contributed by atoms with Gasteiger partial charge in [0, 0.05) is 12.2 Å². The highest BCUT2D eigenvalue weighted by molar-refractivity contribution is 5.22. The minimum Gasteiger partial charge on any atom is -0.309 e. The van der Waals surface area contributed by atoms with Crippen LogP contribution in [0.15, 0.2) is 18.3 Å². The van der Waals surface area contributed by atoms with Gasteiger partial charge in [0.05, 0.1) is 5.69 Å². The number of aryl methyl sites for hydroxylation is 1. The molecule has 1 N–H and O–H groups in total. The molecule has 17 heavy (non-hydrogen) atoms. The minimum absolute atomic E-state index is 0.433. The second-order valence-electron chi connectivity index (χ2n) is 4.51. The Hall–Kier alpha value is -0.890. The van der Waals surface area contributed by atoms with Gasteiger partial charge >= 0.3 is 0 Å². The normalized spacial score (nSPS) is 12.6. The Morgan fingerprint density at radius 1 is 1.24 bits per heavy atom. The lowest BCUT2D eigenvalue weighted by Gasteiger charge is -2.19. The molecular weight excluding hydrogens is 208 g/mol. The first-order valence-electron chi connectivity index (χ1n) is 7.00. The van der Waals surface area contributed by atoms with Crippen molar-refractivity contribution in [3.8, 4) is 0 Å². The summed E-state index contributed by atoms with van der Waals surface area (Å²) in [6, 6.07) is 4.67. The van der Waals surface area contributed by atoms with E-state index in [4.69, 9.17) is 0 Å². The van der Waals surface area contributed by atoms with E-state index in [0.29, 0.717) is 6.04 Å². The van der Waals surface area contributed by atoms with E-state index in [0.717, 1.165) is 13.0 Å². The molecular formula is C15H26N2. The van der Waals surface area contributed by atoms with Crippen molar-refractivity contribution in [2.75, 3.05) is 6.54 Å². The van der Waals surface area contributed by atoms with E-state index in [1.54, 1.807) is 0 Å². The van der Waals surface area contributed by atoms with Crippen LogP contribution in [-0.2, 0) is 6.42 Å². The van der Waals surface area contributed by atoms with E-state index in [2.05, 4.69) is 37.1 Å². The molecule has 0 aliphatic carbocycles. The summed E-state index contributed by atoms with van der Waals surface area (Å²) in [5, 5.41) is 3.57. The summed E-state index contributed by atoms with van der Waals surface area (Å²) in [7, 11) is 0. The van der Waals surface area contributed by atoms with Gasteiger partial charge in [0.1, 0.15) is 0 Å². The zero-order valence-electron chi connectivity index (χ0n) is 11.5. The van der Waals surface area contributed by atoms with E-state index in [1.807, 2.05) is 12.3 Å². The van der Waals surface area contributed by atoms with Crippen molar-refractivity contribution in [3.63, 3.8) is 0 Å². The molecule has 0 radical (unpaired) electrons. The fourth-order valence-corrected chi connectivity index (χ4v) is 2.24. The maximum Gasteiger partial charge on any atom is 0.0604 e. The second-order valence-corrected chi connectivity index (χ2v) is 4.51. The van der Waals surface area contributed by atoms with Crippen molar-refractivity contribution in [2.45, 2.75) is 58.9 Å². The maximum absolute atomic E-state index is 4.58. The smallest absolute Gasteiger partial charge is 0.0604 e. The van der Waals surface area contributed by atoms with Crippen LogP contribution >= 0.6 is 0 Å². The van der Waals surface area contributed by atoms with Crippen LogP contribution in [0.3, 0.4) is 0 Å². The summed E-state index contributed by atoms with van der Waals surface area (Å²) in [5.41, 5.74) is 2.64. The van der Waals surface area contributed by atoms with Crippen molar-refractivity contribution in [1.29, 1.82) is 0 Å². The van der Waals surface area contributed by atoms with Crippen molar-refractivity contribution in [1.82, 2.24) is 10.3 Å². The molecule has 0 spiro atoms. The SMILES string of the molecule is CCCCCC(NCC)c1ncccc1CC. The molecule has 1 aromatic heterocycles. The number of hydrogen-bond acceptors (Lipinski definition) is 2. The molecule has 1 unspecified atom stereocenters. The molecule has 2 nitrogen and oxygen atoms in total. The van der Waals surface area contributed by atoms with Crippen LogP contribution in [-0.4, -0.2) is 11.5 Å². The number of nitrogens with zero attached hydrogens (tertiary/aromatic N) is 1. The molecule has 1 aromatic rings. The van der Waals surface area contributed by atoms with Gasteiger partial charge in [-0.3, -0.25) is 4.98 Å². The highest BCUT2D eigenvalue weighted by Crippen LogP contribution is 2.21. The molecule has 0 saturated heterocycles. The van der Waals surface area contributed by atoms with E-state index in [9.17, 15) is 0 Å². The first kappa shape index (κ1) is 14.2. The summed E-state index contributed by atoms with van der Waals surface area (Å²) in [5.74, 6) is 0. The Balaban J connectivity index is 2.73. The van der Waals surface area contributed by atoms with Crippen LogP contribution in [0.5, 0.6) is 0 Å². The maximum atomic E-state index is 4.58. The average Bonchev–Trinajstić information content (AvgIpc) is 2.38. The molecule has 0 aliphatic heterocycles. The topological polar surface area (TPSA) is 24.9 Å². The van der Waals surface area contributed by atoms with Gasteiger partial charge in [0.15, 0.2) is 0 Å². The quantitative estimate of drug-likeness (QED) is 0.691. The molecule has 0 aliphatic rings. The van der Waals surface area contributed by atoms with E-state index in [1.165, 1.54) is 36.9 Å². The van der Waals surface area contributed by atoms with Gasteiger partial charge < -0.3 is 5.32 Å². The zero-order valence-corrected chi connectivity index (χ0v) is 11.5. The summed E-state index contributed by atoms with van der Waals surface area (Å²) in [6.45, 7) is 7.63. The predicted octanol–water partition coefficient (Wildman–Crippen LogP) is 3.87. The second kappa shape index (κ2) is 8.24. The van der Waals surface area contributed by atoms with Gasteiger partial charge in [-0.25, -0.2) is 0 Å². The summed E-state index contributed by atoms with van der Waals surface area (Å²) in [6.07, 6.45) is 8.06. The van der Waals surface area contributed by atoms with Gasteiger partial charge in [-0.1, -0.05) is 46.1 Å². The average molecular weight is 234 g/mol. The Morgan fingerprint density at radius 3 is 2.71 bits per heavy atom. The van der Waals surface area contributed by atoms with Crippen molar-refractivity contribution < 1.29 is 0 Å². The third kappa shape index (κ3) is 4.47. The standard InChI is InChI=1S/C15H26N2/c1-4-7-8-11-14(16-6-3)15-13(5-2)10-9-12-17-15/h9-10,12,14,16H,4-8,11H2,1-3H3.